The third-order valence-corrected chi connectivity index (χ3v) is 3.43. The molecule has 1 aromatic carbocycles. The van der Waals surface area contributed by atoms with Gasteiger partial charge in [0.05, 0.1) is 24.8 Å². The molecule has 2 aromatic rings. The van der Waals surface area contributed by atoms with Crippen LogP contribution in [-0.4, -0.2) is 35.4 Å². The fraction of sp³-hybridized carbons (Fsp3) is 0.286. The second-order valence-corrected chi connectivity index (χ2v) is 4.84. The summed E-state index contributed by atoms with van der Waals surface area (Å²) < 4.78 is 5.20. The number of carbonyl (C=O) groups excluding carboxylic acids is 1. The summed E-state index contributed by atoms with van der Waals surface area (Å²) in [6, 6.07) is 9.23. The molecule has 0 aliphatic carbocycles. The summed E-state index contributed by atoms with van der Waals surface area (Å²) in [6.07, 6.45) is 1.70. The smallest absolute Gasteiger partial charge is 0.231 e. The van der Waals surface area contributed by atoms with Crippen molar-refractivity contribution < 1.29 is 9.53 Å². The van der Waals surface area contributed by atoms with Gasteiger partial charge in [0.2, 0.25) is 5.91 Å². The normalized spacial score (nSPS) is 21.9. The van der Waals surface area contributed by atoms with Gasteiger partial charge in [-0.25, -0.2) is 0 Å². The zero-order valence-corrected chi connectivity index (χ0v) is 10.9. The fourth-order valence-corrected chi connectivity index (χ4v) is 2.23. The van der Waals surface area contributed by atoms with Crippen molar-refractivity contribution in [2.45, 2.75) is 6.04 Å². The number of amides is 1. The van der Waals surface area contributed by atoms with Crippen LogP contribution in [0, 0.1) is 5.92 Å². The summed E-state index contributed by atoms with van der Waals surface area (Å²) >= 11 is 0. The molecule has 1 amide bonds. The van der Waals surface area contributed by atoms with E-state index < -0.39 is 0 Å². The van der Waals surface area contributed by atoms with E-state index in [1.54, 1.807) is 6.20 Å². The van der Waals surface area contributed by atoms with Gasteiger partial charge in [-0.3, -0.25) is 9.89 Å². The van der Waals surface area contributed by atoms with Crippen molar-refractivity contribution >= 4 is 11.6 Å². The number of aromatic nitrogens is 2. The van der Waals surface area contributed by atoms with Gasteiger partial charge >= 0.3 is 0 Å². The quantitative estimate of drug-likeness (QED) is 0.776. The molecule has 2 heterocycles. The number of aromatic amines is 1. The largest absolute Gasteiger partial charge is 0.379 e. The second kappa shape index (κ2) is 5.44. The van der Waals surface area contributed by atoms with Crippen molar-refractivity contribution in [2.75, 3.05) is 18.5 Å². The van der Waals surface area contributed by atoms with Gasteiger partial charge in [0.1, 0.15) is 0 Å². The van der Waals surface area contributed by atoms with Crippen LogP contribution in [0.1, 0.15) is 0 Å². The number of nitrogens with zero attached hydrogens (tertiary/aromatic N) is 1. The minimum atomic E-state index is -0.276. The molecular formula is C14H16N4O2. The predicted octanol–water partition coefficient (Wildman–Crippen LogP) is 0.989. The molecule has 0 saturated carbocycles. The average Bonchev–Trinajstić information content (AvgIpc) is 3.10. The summed E-state index contributed by atoms with van der Waals surface area (Å²) in [5, 5.41) is 9.66. The number of carbonyl (C=O) groups is 1. The molecule has 1 aliphatic heterocycles. The summed E-state index contributed by atoms with van der Waals surface area (Å²) in [5.41, 5.74) is 8.53. The molecule has 1 fully saturated rings. The minimum absolute atomic E-state index is 0.0932. The van der Waals surface area contributed by atoms with Crippen LogP contribution in [0.25, 0.3) is 11.3 Å². The first-order valence-corrected chi connectivity index (χ1v) is 6.48. The van der Waals surface area contributed by atoms with Crippen molar-refractivity contribution in [2.24, 2.45) is 11.7 Å². The van der Waals surface area contributed by atoms with E-state index in [4.69, 9.17) is 10.5 Å². The van der Waals surface area contributed by atoms with Crippen molar-refractivity contribution in [3.05, 3.63) is 36.5 Å². The molecule has 20 heavy (non-hydrogen) atoms. The van der Waals surface area contributed by atoms with Gasteiger partial charge in [0, 0.05) is 17.9 Å². The molecule has 1 saturated heterocycles. The molecule has 2 atom stereocenters. The zero-order valence-electron chi connectivity index (χ0n) is 10.9. The number of hydrogen-bond donors (Lipinski definition) is 3. The first kappa shape index (κ1) is 12.8. The Kier molecular flexibility index (Phi) is 3.49. The van der Waals surface area contributed by atoms with Crippen LogP contribution < -0.4 is 11.1 Å². The summed E-state index contributed by atoms with van der Waals surface area (Å²) in [5.74, 6) is -0.369. The molecular weight excluding hydrogens is 256 g/mol. The summed E-state index contributed by atoms with van der Waals surface area (Å²) in [6.45, 7) is 0.829. The van der Waals surface area contributed by atoms with Crippen LogP contribution >= 0.6 is 0 Å². The number of ether oxygens (including phenoxy) is 1. The molecule has 1 aliphatic rings. The molecule has 3 rings (SSSR count). The molecule has 6 nitrogen and oxygen atoms in total. The number of anilines is 1. The van der Waals surface area contributed by atoms with E-state index in [2.05, 4.69) is 15.5 Å². The maximum atomic E-state index is 12.1. The third kappa shape index (κ3) is 2.56. The molecule has 0 radical (unpaired) electrons. The van der Waals surface area contributed by atoms with Gasteiger partial charge in [0.25, 0.3) is 0 Å². The molecule has 6 heteroatoms. The maximum Gasteiger partial charge on any atom is 0.231 e. The van der Waals surface area contributed by atoms with Crippen LogP contribution in [0.2, 0.25) is 0 Å². The first-order chi connectivity index (χ1) is 9.74. The SMILES string of the molecule is NC1COCC1C(=O)Nc1ccc(-c2ccn[nH]2)cc1. The van der Waals surface area contributed by atoms with E-state index in [9.17, 15) is 4.79 Å². The number of hydrogen-bond acceptors (Lipinski definition) is 4. The highest BCUT2D eigenvalue weighted by atomic mass is 16.5. The van der Waals surface area contributed by atoms with Crippen molar-refractivity contribution in [3.8, 4) is 11.3 Å². The van der Waals surface area contributed by atoms with E-state index in [0.29, 0.717) is 13.2 Å². The summed E-state index contributed by atoms with van der Waals surface area (Å²) in [7, 11) is 0. The van der Waals surface area contributed by atoms with Gasteiger partial charge in [-0.2, -0.15) is 5.10 Å². The Bertz CT molecular complexity index is 580. The van der Waals surface area contributed by atoms with Gasteiger partial charge < -0.3 is 15.8 Å². The topological polar surface area (TPSA) is 93.0 Å². The predicted molar refractivity (Wildman–Crippen MR) is 74.9 cm³/mol. The van der Waals surface area contributed by atoms with E-state index in [1.807, 2.05) is 30.3 Å². The number of benzene rings is 1. The van der Waals surface area contributed by atoms with Crippen molar-refractivity contribution in [1.82, 2.24) is 10.2 Å². The van der Waals surface area contributed by atoms with E-state index in [0.717, 1.165) is 16.9 Å². The number of nitrogens with two attached hydrogens (primary N) is 1. The highest BCUT2D eigenvalue weighted by molar-refractivity contribution is 5.93. The lowest BCUT2D eigenvalue weighted by atomic mass is 10.0. The van der Waals surface area contributed by atoms with Gasteiger partial charge in [-0.15, -0.1) is 0 Å². The zero-order chi connectivity index (χ0) is 13.9. The highest BCUT2D eigenvalue weighted by Crippen LogP contribution is 2.20. The van der Waals surface area contributed by atoms with Gasteiger partial charge in [-0.1, -0.05) is 12.1 Å². The molecule has 0 bridgehead atoms. The van der Waals surface area contributed by atoms with E-state index in [-0.39, 0.29) is 17.9 Å². The van der Waals surface area contributed by atoms with Gasteiger partial charge in [-0.05, 0) is 23.8 Å². The Labute approximate surface area is 116 Å². The molecule has 1 aromatic heterocycles. The van der Waals surface area contributed by atoms with Crippen molar-refractivity contribution in [1.29, 1.82) is 0 Å². The molecule has 4 N–H and O–H groups in total. The van der Waals surface area contributed by atoms with E-state index in [1.165, 1.54) is 0 Å². The second-order valence-electron chi connectivity index (χ2n) is 4.84. The lowest BCUT2D eigenvalue weighted by Crippen LogP contribution is -2.37. The highest BCUT2D eigenvalue weighted by Gasteiger charge is 2.31. The fourth-order valence-electron chi connectivity index (χ4n) is 2.23. The van der Waals surface area contributed by atoms with Crippen LogP contribution in [0.15, 0.2) is 36.5 Å². The lowest BCUT2D eigenvalue weighted by molar-refractivity contribution is -0.120. The molecule has 104 valence electrons. The third-order valence-electron chi connectivity index (χ3n) is 3.43. The van der Waals surface area contributed by atoms with Gasteiger partial charge in [0.15, 0.2) is 0 Å². The number of nitrogens with one attached hydrogen (secondary N) is 2. The first-order valence-electron chi connectivity index (χ1n) is 6.48. The number of rotatable bonds is 3. The van der Waals surface area contributed by atoms with Crippen LogP contribution in [-0.2, 0) is 9.53 Å². The standard InChI is InChI=1S/C14H16N4O2/c15-12-8-20-7-11(12)14(19)17-10-3-1-9(2-4-10)13-5-6-16-18-13/h1-6,11-12H,7-8,15H2,(H,16,18)(H,17,19). The molecule has 2 unspecified atom stereocenters. The minimum Gasteiger partial charge on any atom is -0.379 e. The lowest BCUT2D eigenvalue weighted by Gasteiger charge is -2.13. The van der Waals surface area contributed by atoms with Crippen molar-refractivity contribution in [3.63, 3.8) is 0 Å². The monoisotopic (exact) mass is 272 g/mol. The van der Waals surface area contributed by atoms with Crippen LogP contribution in [0.3, 0.4) is 0 Å². The molecule has 0 spiro atoms. The summed E-state index contributed by atoms with van der Waals surface area (Å²) in [4.78, 5) is 12.1. The van der Waals surface area contributed by atoms with E-state index >= 15 is 0 Å². The Balaban J connectivity index is 1.68. The Hall–Kier alpha value is -2.18. The Morgan fingerprint density at radius 2 is 2.10 bits per heavy atom. The Morgan fingerprint density at radius 3 is 2.70 bits per heavy atom. The van der Waals surface area contributed by atoms with Crippen LogP contribution in [0.5, 0.6) is 0 Å². The van der Waals surface area contributed by atoms with Crippen LogP contribution in [0.4, 0.5) is 5.69 Å². The number of H-pyrrole nitrogens is 1. The Morgan fingerprint density at radius 1 is 1.30 bits per heavy atom. The maximum absolute atomic E-state index is 12.1. The average molecular weight is 272 g/mol.